The lowest BCUT2D eigenvalue weighted by molar-refractivity contribution is 0.220. The Morgan fingerprint density at radius 3 is 2.45 bits per heavy atom. The maximum absolute atomic E-state index is 14.3. The maximum atomic E-state index is 14.3. The molecule has 116 valence electrons. The molecule has 2 aromatic rings. The van der Waals surface area contributed by atoms with Crippen LogP contribution in [0.4, 0.5) is 8.78 Å². The first-order valence-corrected chi connectivity index (χ1v) is 7.69. The van der Waals surface area contributed by atoms with E-state index in [1.807, 2.05) is 0 Å². The van der Waals surface area contributed by atoms with Crippen LogP contribution in [0.3, 0.4) is 0 Å². The third-order valence-electron chi connectivity index (χ3n) is 3.83. The van der Waals surface area contributed by atoms with Gasteiger partial charge in [-0.05, 0) is 37.6 Å². The molecular formula is C16H16ClF2N3. The highest BCUT2D eigenvalue weighted by molar-refractivity contribution is 6.29. The third-order valence-corrected chi connectivity index (χ3v) is 4.03. The van der Waals surface area contributed by atoms with Gasteiger partial charge in [-0.1, -0.05) is 18.0 Å². The summed E-state index contributed by atoms with van der Waals surface area (Å²) in [4.78, 5) is 10.1. The van der Waals surface area contributed by atoms with E-state index in [0.29, 0.717) is 6.54 Å². The van der Waals surface area contributed by atoms with Crippen LogP contribution in [0.25, 0.3) is 11.3 Å². The van der Waals surface area contributed by atoms with Gasteiger partial charge in [-0.2, -0.15) is 0 Å². The minimum absolute atomic E-state index is 0.0198. The van der Waals surface area contributed by atoms with E-state index in [2.05, 4.69) is 14.9 Å². The predicted octanol–water partition coefficient (Wildman–Crippen LogP) is 4.06. The summed E-state index contributed by atoms with van der Waals surface area (Å²) in [6.45, 7) is 2.73. The molecule has 0 aliphatic carbocycles. The Labute approximate surface area is 133 Å². The molecule has 0 N–H and O–H groups in total. The van der Waals surface area contributed by atoms with Gasteiger partial charge in [0, 0.05) is 25.0 Å². The molecule has 3 nitrogen and oxygen atoms in total. The molecule has 1 saturated heterocycles. The largest absolute Gasteiger partial charge is 0.299 e. The summed E-state index contributed by atoms with van der Waals surface area (Å²) < 4.78 is 28.1. The van der Waals surface area contributed by atoms with Gasteiger partial charge in [0.15, 0.2) is 0 Å². The Morgan fingerprint density at radius 2 is 1.77 bits per heavy atom. The smallest absolute Gasteiger partial charge is 0.149 e. The summed E-state index contributed by atoms with van der Waals surface area (Å²) >= 11 is 5.61. The van der Waals surface area contributed by atoms with Gasteiger partial charge in [-0.3, -0.25) is 9.88 Å². The molecule has 1 fully saturated rings. The zero-order valence-corrected chi connectivity index (χ0v) is 12.8. The summed E-state index contributed by atoms with van der Waals surface area (Å²) in [5.74, 6) is -1.17. The lowest BCUT2D eigenvalue weighted by Gasteiger charge is -2.26. The van der Waals surface area contributed by atoms with Crippen LogP contribution < -0.4 is 0 Å². The molecule has 0 spiro atoms. The zero-order valence-electron chi connectivity index (χ0n) is 12.0. The van der Waals surface area contributed by atoms with Crippen molar-refractivity contribution in [2.45, 2.75) is 25.8 Å². The van der Waals surface area contributed by atoms with Gasteiger partial charge >= 0.3 is 0 Å². The van der Waals surface area contributed by atoms with Gasteiger partial charge in [0.05, 0.1) is 5.56 Å². The van der Waals surface area contributed by atoms with Crippen LogP contribution in [0.15, 0.2) is 24.5 Å². The monoisotopic (exact) mass is 323 g/mol. The highest BCUT2D eigenvalue weighted by atomic mass is 35.5. The minimum Gasteiger partial charge on any atom is -0.299 e. The standard InChI is InChI=1S/C16H16ClF2N3/c17-15-7-13(18)12(9-20-15)16-14(19)6-11(8-21-16)10-22-4-2-1-3-5-22/h6-9H,1-5,10H2. The summed E-state index contributed by atoms with van der Waals surface area (Å²) in [5, 5.41) is 0.0309. The summed E-state index contributed by atoms with van der Waals surface area (Å²) in [7, 11) is 0. The highest BCUT2D eigenvalue weighted by Crippen LogP contribution is 2.25. The van der Waals surface area contributed by atoms with E-state index in [0.717, 1.165) is 24.7 Å². The zero-order chi connectivity index (χ0) is 15.5. The number of rotatable bonds is 3. The Balaban J connectivity index is 1.82. The first-order chi connectivity index (χ1) is 10.6. The van der Waals surface area contributed by atoms with Crippen LogP contribution in [0, 0.1) is 11.6 Å². The second-order valence-corrected chi connectivity index (χ2v) is 5.88. The van der Waals surface area contributed by atoms with E-state index in [1.54, 1.807) is 6.20 Å². The lowest BCUT2D eigenvalue weighted by atomic mass is 10.1. The van der Waals surface area contributed by atoms with Crippen molar-refractivity contribution in [1.29, 1.82) is 0 Å². The second kappa shape index (κ2) is 6.67. The van der Waals surface area contributed by atoms with Gasteiger partial charge in [-0.15, -0.1) is 0 Å². The SMILES string of the molecule is Fc1cc(Cl)ncc1-c1ncc(CN2CCCCC2)cc1F. The molecule has 0 aromatic carbocycles. The van der Waals surface area contributed by atoms with Crippen molar-refractivity contribution in [3.63, 3.8) is 0 Å². The number of likely N-dealkylation sites (tertiary alicyclic amines) is 1. The fourth-order valence-corrected chi connectivity index (χ4v) is 2.86. The first-order valence-electron chi connectivity index (χ1n) is 7.31. The van der Waals surface area contributed by atoms with Crippen molar-refractivity contribution in [2.75, 3.05) is 13.1 Å². The molecule has 22 heavy (non-hydrogen) atoms. The van der Waals surface area contributed by atoms with E-state index < -0.39 is 11.6 Å². The van der Waals surface area contributed by atoms with Crippen LogP contribution in [-0.4, -0.2) is 28.0 Å². The van der Waals surface area contributed by atoms with Crippen molar-refractivity contribution < 1.29 is 8.78 Å². The van der Waals surface area contributed by atoms with Crippen molar-refractivity contribution in [1.82, 2.24) is 14.9 Å². The van der Waals surface area contributed by atoms with Gasteiger partial charge < -0.3 is 0 Å². The van der Waals surface area contributed by atoms with Gasteiger partial charge in [-0.25, -0.2) is 13.8 Å². The van der Waals surface area contributed by atoms with Crippen molar-refractivity contribution >= 4 is 11.6 Å². The lowest BCUT2D eigenvalue weighted by Crippen LogP contribution is -2.29. The van der Waals surface area contributed by atoms with E-state index in [-0.39, 0.29) is 16.4 Å². The Morgan fingerprint density at radius 1 is 1.00 bits per heavy atom. The third kappa shape index (κ3) is 3.42. The first kappa shape index (κ1) is 15.3. The fourth-order valence-electron chi connectivity index (χ4n) is 2.72. The number of halogens is 3. The average Bonchev–Trinajstić information content (AvgIpc) is 2.49. The molecule has 0 saturated carbocycles. The number of pyridine rings is 2. The summed E-state index contributed by atoms with van der Waals surface area (Å²) in [6, 6.07) is 2.48. The van der Waals surface area contributed by atoms with Crippen molar-refractivity contribution in [3.05, 3.63) is 46.9 Å². The van der Waals surface area contributed by atoms with Crippen LogP contribution in [0.2, 0.25) is 5.15 Å². The average molecular weight is 324 g/mol. The number of aromatic nitrogens is 2. The van der Waals surface area contributed by atoms with Crippen molar-refractivity contribution in [3.8, 4) is 11.3 Å². The highest BCUT2D eigenvalue weighted by Gasteiger charge is 2.15. The molecule has 3 heterocycles. The van der Waals surface area contributed by atoms with Gasteiger partial charge in [0.25, 0.3) is 0 Å². The number of hydrogen-bond donors (Lipinski definition) is 0. The summed E-state index contributed by atoms with van der Waals surface area (Å²) in [5.41, 5.74) is 0.779. The molecule has 1 aliphatic heterocycles. The van der Waals surface area contributed by atoms with Crippen molar-refractivity contribution in [2.24, 2.45) is 0 Å². The Kier molecular flexibility index (Phi) is 4.64. The van der Waals surface area contributed by atoms with E-state index in [4.69, 9.17) is 11.6 Å². The van der Waals surface area contributed by atoms with Crippen LogP contribution in [-0.2, 0) is 6.54 Å². The molecule has 1 aliphatic rings. The summed E-state index contributed by atoms with van der Waals surface area (Å²) in [6.07, 6.45) is 6.41. The van der Waals surface area contributed by atoms with Crippen LogP contribution in [0.1, 0.15) is 24.8 Å². The Hall–Kier alpha value is -1.59. The molecule has 0 unspecified atom stereocenters. The number of piperidine rings is 1. The van der Waals surface area contributed by atoms with Gasteiger partial charge in [0.1, 0.15) is 22.5 Å². The van der Waals surface area contributed by atoms with Crippen LogP contribution >= 0.6 is 11.6 Å². The number of nitrogens with zero attached hydrogens (tertiary/aromatic N) is 3. The predicted molar refractivity (Wildman–Crippen MR) is 81.5 cm³/mol. The maximum Gasteiger partial charge on any atom is 0.149 e. The molecular weight excluding hydrogens is 308 g/mol. The molecule has 0 atom stereocenters. The quantitative estimate of drug-likeness (QED) is 0.798. The van der Waals surface area contributed by atoms with E-state index in [9.17, 15) is 8.78 Å². The molecule has 2 aromatic heterocycles. The topological polar surface area (TPSA) is 29.0 Å². The molecule has 0 radical (unpaired) electrons. The Bertz CT molecular complexity index is 672. The second-order valence-electron chi connectivity index (χ2n) is 5.50. The van der Waals surface area contributed by atoms with Crippen LogP contribution in [0.5, 0.6) is 0 Å². The van der Waals surface area contributed by atoms with E-state index in [1.165, 1.54) is 31.5 Å². The van der Waals surface area contributed by atoms with Gasteiger partial charge in [0.2, 0.25) is 0 Å². The molecule has 0 amide bonds. The number of hydrogen-bond acceptors (Lipinski definition) is 3. The minimum atomic E-state index is -0.629. The fraction of sp³-hybridized carbons (Fsp3) is 0.375. The molecule has 6 heteroatoms. The van der Waals surface area contributed by atoms with E-state index >= 15 is 0 Å². The normalized spacial score (nSPS) is 16.0. The molecule has 0 bridgehead atoms. The molecule has 3 rings (SSSR count).